The van der Waals surface area contributed by atoms with Gasteiger partial charge in [0, 0.05) is 34.9 Å². The van der Waals surface area contributed by atoms with Crippen molar-refractivity contribution in [2.45, 2.75) is 44.6 Å². The molecular weight excluding hydrogens is 513 g/mol. The topological polar surface area (TPSA) is 47.4 Å². The van der Waals surface area contributed by atoms with Crippen LogP contribution in [0.4, 0.5) is 4.39 Å². The summed E-state index contributed by atoms with van der Waals surface area (Å²) in [4.78, 5) is 20.4. The zero-order valence-electron chi connectivity index (χ0n) is 23.2. The van der Waals surface area contributed by atoms with Gasteiger partial charge in [0.25, 0.3) is 0 Å². The van der Waals surface area contributed by atoms with Crippen molar-refractivity contribution in [3.8, 4) is 22.5 Å². The third-order valence-electron chi connectivity index (χ3n) is 8.78. The molecule has 1 aliphatic heterocycles. The van der Waals surface area contributed by atoms with Crippen molar-refractivity contribution >= 4 is 27.7 Å². The third kappa shape index (κ3) is 5.02. The molecule has 1 saturated carbocycles. The maximum absolute atomic E-state index is 13.6. The number of morpholine rings is 1. The highest BCUT2D eigenvalue weighted by molar-refractivity contribution is 5.96. The van der Waals surface area contributed by atoms with Gasteiger partial charge in [-0.05, 0) is 78.4 Å². The van der Waals surface area contributed by atoms with Crippen molar-refractivity contribution in [3.05, 3.63) is 90.2 Å². The number of hydrogen-bond acceptors (Lipinski definition) is 3. The number of carbonyl (C=O) groups is 1. The molecule has 0 spiro atoms. The predicted octanol–water partition coefficient (Wildman–Crippen LogP) is 7.57. The van der Waals surface area contributed by atoms with Gasteiger partial charge in [0.05, 0.1) is 30.1 Å². The van der Waals surface area contributed by atoms with Crippen LogP contribution in [0.3, 0.4) is 0 Å². The Morgan fingerprint density at radius 1 is 0.878 bits per heavy atom. The zero-order chi connectivity index (χ0) is 27.8. The summed E-state index contributed by atoms with van der Waals surface area (Å²) in [6.45, 7) is 2.77. The number of rotatable bonds is 5. The maximum atomic E-state index is 13.6. The lowest BCUT2D eigenvalue weighted by Crippen LogP contribution is -2.42. The van der Waals surface area contributed by atoms with Crippen LogP contribution in [-0.2, 0) is 16.1 Å². The summed E-state index contributed by atoms with van der Waals surface area (Å²) in [7, 11) is 0. The molecule has 2 aromatic heterocycles. The van der Waals surface area contributed by atoms with E-state index in [1.165, 1.54) is 55.2 Å². The molecule has 1 aliphatic carbocycles. The molecule has 5 nitrogen and oxygen atoms in total. The second-order valence-corrected chi connectivity index (χ2v) is 11.3. The summed E-state index contributed by atoms with van der Waals surface area (Å²) in [5, 5.41) is 2.30. The smallest absolute Gasteiger partial charge is 0.242 e. The van der Waals surface area contributed by atoms with Gasteiger partial charge < -0.3 is 14.2 Å². The lowest BCUT2D eigenvalue weighted by molar-refractivity contribution is -0.135. The van der Waals surface area contributed by atoms with Gasteiger partial charge in [-0.2, -0.15) is 0 Å². The molecule has 1 saturated heterocycles. The first kappa shape index (κ1) is 25.9. The van der Waals surface area contributed by atoms with E-state index in [4.69, 9.17) is 9.72 Å². The molecule has 5 aromatic rings. The van der Waals surface area contributed by atoms with Gasteiger partial charge in [-0.25, -0.2) is 9.37 Å². The number of halogens is 1. The Hall–Kier alpha value is -4.03. The van der Waals surface area contributed by atoms with Gasteiger partial charge >= 0.3 is 0 Å². The Labute approximate surface area is 239 Å². The van der Waals surface area contributed by atoms with Crippen molar-refractivity contribution < 1.29 is 13.9 Å². The minimum atomic E-state index is -0.254. The first-order valence-electron chi connectivity index (χ1n) is 14.8. The van der Waals surface area contributed by atoms with E-state index >= 15 is 0 Å². The normalized spacial score (nSPS) is 16.5. The molecule has 0 N–H and O–H groups in total. The first-order valence-corrected chi connectivity index (χ1v) is 14.8. The van der Waals surface area contributed by atoms with E-state index in [1.54, 1.807) is 12.1 Å². The molecule has 0 atom stereocenters. The van der Waals surface area contributed by atoms with Gasteiger partial charge in [0.2, 0.25) is 5.91 Å². The fraction of sp³-hybridized carbons (Fsp3) is 0.314. The Kier molecular flexibility index (Phi) is 7.01. The van der Waals surface area contributed by atoms with Crippen LogP contribution in [0, 0.1) is 5.82 Å². The molecular formula is C35H34FN3O2. The number of benzene rings is 3. The standard InChI is InChI=1S/C35H34FN3O2/c36-28-14-10-24(11-15-28)30-16-12-26-22-27(13-17-31(26)37-30)35-34(25-6-2-1-3-7-25)29-8-4-5-9-32(29)39(35)23-33(40)38-18-20-41-21-19-38/h4-5,8-17,22,25H,1-3,6-7,18-21,23H2. The number of para-hydroxylation sites is 1. The minimum Gasteiger partial charge on any atom is -0.378 e. The third-order valence-corrected chi connectivity index (χ3v) is 8.78. The van der Waals surface area contributed by atoms with Crippen molar-refractivity contribution in [2.24, 2.45) is 0 Å². The summed E-state index contributed by atoms with van der Waals surface area (Å²) >= 11 is 0. The number of fused-ring (bicyclic) bond motifs is 2. The van der Waals surface area contributed by atoms with Gasteiger partial charge in [-0.1, -0.05) is 49.6 Å². The van der Waals surface area contributed by atoms with Crippen LogP contribution < -0.4 is 0 Å². The number of hydrogen-bond donors (Lipinski definition) is 0. The Morgan fingerprint density at radius 2 is 1.63 bits per heavy atom. The molecule has 0 radical (unpaired) electrons. The number of pyridine rings is 1. The number of nitrogens with zero attached hydrogens (tertiary/aromatic N) is 3. The lowest BCUT2D eigenvalue weighted by Gasteiger charge is -2.28. The SMILES string of the molecule is O=C(Cn1c(-c2ccc3nc(-c4ccc(F)cc4)ccc3c2)c(C2CCCCC2)c2ccccc21)N1CCOCC1. The molecule has 208 valence electrons. The molecule has 0 unspecified atom stereocenters. The second-order valence-electron chi connectivity index (χ2n) is 11.3. The second kappa shape index (κ2) is 11.1. The van der Waals surface area contributed by atoms with Gasteiger partial charge in [0.1, 0.15) is 12.4 Å². The van der Waals surface area contributed by atoms with Crippen LogP contribution in [0.15, 0.2) is 78.9 Å². The highest BCUT2D eigenvalue weighted by atomic mass is 19.1. The fourth-order valence-electron chi connectivity index (χ4n) is 6.71. The van der Waals surface area contributed by atoms with E-state index in [2.05, 4.69) is 53.1 Å². The number of carbonyl (C=O) groups excluding carboxylic acids is 1. The predicted molar refractivity (Wildman–Crippen MR) is 161 cm³/mol. The molecule has 2 aliphatic rings. The first-order chi connectivity index (χ1) is 20.2. The van der Waals surface area contributed by atoms with E-state index in [-0.39, 0.29) is 11.7 Å². The van der Waals surface area contributed by atoms with Gasteiger partial charge in [-0.15, -0.1) is 0 Å². The molecule has 3 aromatic carbocycles. The fourth-order valence-corrected chi connectivity index (χ4v) is 6.71. The lowest BCUT2D eigenvalue weighted by atomic mass is 9.82. The van der Waals surface area contributed by atoms with Crippen LogP contribution in [0.25, 0.3) is 44.3 Å². The summed E-state index contributed by atoms with van der Waals surface area (Å²) in [5.74, 6) is 0.352. The minimum absolute atomic E-state index is 0.136. The average molecular weight is 548 g/mol. The van der Waals surface area contributed by atoms with E-state index in [0.29, 0.717) is 38.8 Å². The largest absolute Gasteiger partial charge is 0.378 e. The van der Waals surface area contributed by atoms with Crippen LogP contribution in [0.2, 0.25) is 0 Å². The number of amides is 1. The van der Waals surface area contributed by atoms with E-state index in [0.717, 1.165) is 38.9 Å². The van der Waals surface area contributed by atoms with Gasteiger partial charge in [0.15, 0.2) is 0 Å². The highest BCUT2D eigenvalue weighted by Gasteiger charge is 2.28. The van der Waals surface area contributed by atoms with E-state index < -0.39 is 0 Å². The van der Waals surface area contributed by atoms with E-state index in [9.17, 15) is 9.18 Å². The van der Waals surface area contributed by atoms with Crippen LogP contribution in [-0.4, -0.2) is 46.7 Å². The van der Waals surface area contributed by atoms with Gasteiger partial charge in [-0.3, -0.25) is 4.79 Å². The Morgan fingerprint density at radius 3 is 2.44 bits per heavy atom. The quantitative estimate of drug-likeness (QED) is 0.228. The molecule has 6 heteroatoms. The molecule has 41 heavy (non-hydrogen) atoms. The Balaban J connectivity index is 1.36. The van der Waals surface area contributed by atoms with Crippen molar-refractivity contribution in [2.75, 3.05) is 26.3 Å². The average Bonchev–Trinajstić information content (AvgIpc) is 3.35. The summed E-state index contributed by atoms with van der Waals surface area (Å²) in [6.07, 6.45) is 6.12. The molecule has 3 heterocycles. The van der Waals surface area contributed by atoms with E-state index in [1.807, 2.05) is 11.0 Å². The van der Waals surface area contributed by atoms with Crippen LogP contribution in [0.1, 0.15) is 43.6 Å². The highest BCUT2D eigenvalue weighted by Crippen LogP contribution is 2.44. The molecule has 1 amide bonds. The Bertz CT molecular complexity index is 1710. The van der Waals surface area contributed by atoms with Crippen molar-refractivity contribution in [1.29, 1.82) is 0 Å². The zero-order valence-corrected chi connectivity index (χ0v) is 23.2. The molecule has 7 rings (SSSR count). The molecule has 0 bridgehead atoms. The number of aromatic nitrogens is 2. The van der Waals surface area contributed by atoms with Crippen LogP contribution in [0.5, 0.6) is 0 Å². The van der Waals surface area contributed by atoms with Crippen molar-refractivity contribution in [3.63, 3.8) is 0 Å². The molecule has 2 fully saturated rings. The summed E-state index contributed by atoms with van der Waals surface area (Å²) < 4.78 is 21.2. The monoisotopic (exact) mass is 547 g/mol. The maximum Gasteiger partial charge on any atom is 0.242 e. The van der Waals surface area contributed by atoms with Crippen molar-refractivity contribution in [1.82, 2.24) is 14.5 Å². The summed E-state index contributed by atoms with van der Waals surface area (Å²) in [5.41, 5.74) is 7.36. The summed E-state index contributed by atoms with van der Waals surface area (Å²) in [6, 6.07) is 25.6. The van der Waals surface area contributed by atoms with Crippen LogP contribution >= 0.6 is 0 Å². The number of ether oxygens (including phenoxy) is 1.